The van der Waals surface area contributed by atoms with Crippen molar-refractivity contribution in [1.29, 1.82) is 0 Å². The molecule has 3 aromatic carbocycles. The lowest BCUT2D eigenvalue weighted by molar-refractivity contribution is 0.103. The third-order valence-electron chi connectivity index (χ3n) is 4.16. The minimum Gasteiger partial charge on any atom is -0.484 e. The smallest absolute Gasteiger partial charge is 0.254 e. The van der Waals surface area contributed by atoms with Crippen LogP contribution in [0.5, 0.6) is 5.75 Å². The third kappa shape index (κ3) is 4.33. The van der Waals surface area contributed by atoms with Gasteiger partial charge in [0, 0.05) is 11.1 Å². The molecule has 5 nitrogen and oxygen atoms in total. The van der Waals surface area contributed by atoms with Gasteiger partial charge in [-0.2, -0.15) is 0 Å². The SMILES string of the molecule is O=C(c1ccc(F)cc1)c1ccc(OCc2nnc(-c3ccccc3Cl)o2)cc1. The number of hydrogen-bond donors (Lipinski definition) is 0. The van der Waals surface area contributed by atoms with Crippen molar-refractivity contribution < 1.29 is 18.3 Å². The van der Waals surface area contributed by atoms with Gasteiger partial charge < -0.3 is 9.15 Å². The van der Waals surface area contributed by atoms with Crippen LogP contribution in [0.25, 0.3) is 11.5 Å². The summed E-state index contributed by atoms with van der Waals surface area (Å²) in [4.78, 5) is 12.4. The highest BCUT2D eigenvalue weighted by Gasteiger charge is 2.13. The summed E-state index contributed by atoms with van der Waals surface area (Å²) >= 11 is 6.13. The molecule has 4 rings (SSSR count). The maximum Gasteiger partial charge on any atom is 0.254 e. The minimum absolute atomic E-state index is 0.0721. The molecule has 144 valence electrons. The lowest BCUT2D eigenvalue weighted by Gasteiger charge is -2.05. The van der Waals surface area contributed by atoms with Gasteiger partial charge in [0.05, 0.1) is 10.6 Å². The summed E-state index contributed by atoms with van der Waals surface area (Å²) in [6, 6.07) is 19.2. The highest BCUT2D eigenvalue weighted by molar-refractivity contribution is 6.33. The van der Waals surface area contributed by atoms with Crippen molar-refractivity contribution in [2.75, 3.05) is 0 Å². The van der Waals surface area contributed by atoms with Crippen molar-refractivity contribution in [2.45, 2.75) is 6.61 Å². The van der Waals surface area contributed by atoms with Crippen molar-refractivity contribution in [2.24, 2.45) is 0 Å². The Morgan fingerprint density at radius 1 is 0.931 bits per heavy atom. The van der Waals surface area contributed by atoms with Gasteiger partial charge in [-0.3, -0.25) is 4.79 Å². The number of nitrogens with zero attached hydrogens (tertiary/aromatic N) is 2. The molecule has 0 aliphatic heterocycles. The largest absolute Gasteiger partial charge is 0.484 e. The van der Waals surface area contributed by atoms with E-state index in [0.717, 1.165) is 0 Å². The van der Waals surface area contributed by atoms with Crippen molar-refractivity contribution in [1.82, 2.24) is 10.2 Å². The van der Waals surface area contributed by atoms with Gasteiger partial charge >= 0.3 is 0 Å². The first-order chi connectivity index (χ1) is 14.1. The summed E-state index contributed by atoms with van der Waals surface area (Å²) in [6.07, 6.45) is 0. The number of carbonyl (C=O) groups excluding carboxylic acids is 1. The molecule has 0 aliphatic rings. The summed E-state index contributed by atoms with van der Waals surface area (Å²) in [5.74, 6) is 0.570. The van der Waals surface area contributed by atoms with Gasteiger partial charge in [-0.1, -0.05) is 23.7 Å². The lowest BCUT2D eigenvalue weighted by atomic mass is 10.0. The fourth-order valence-electron chi connectivity index (χ4n) is 2.67. The molecular weight excluding hydrogens is 395 g/mol. The molecule has 0 N–H and O–H groups in total. The zero-order valence-electron chi connectivity index (χ0n) is 15.0. The molecule has 0 saturated heterocycles. The molecule has 1 heterocycles. The van der Waals surface area contributed by atoms with E-state index in [-0.39, 0.29) is 18.2 Å². The fraction of sp³-hybridized carbons (Fsp3) is 0.0455. The van der Waals surface area contributed by atoms with Crippen LogP contribution in [-0.2, 0) is 6.61 Å². The van der Waals surface area contributed by atoms with E-state index in [2.05, 4.69) is 10.2 Å². The Bertz CT molecular complexity index is 1140. The molecule has 0 unspecified atom stereocenters. The zero-order chi connectivity index (χ0) is 20.2. The van der Waals surface area contributed by atoms with Crippen LogP contribution in [0.3, 0.4) is 0 Å². The van der Waals surface area contributed by atoms with E-state index in [9.17, 15) is 9.18 Å². The van der Waals surface area contributed by atoms with Gasteiger partial charge in [-0.15, -0.1) is 10.2 Å². The van der Waals surface area contributed by atoms with Crippen LogP contribution in [0.4, 0.5) is 4.39 Å². The van der Waals surface area contributed by atoms with E-state index in [1.165, 1.54) is 24.3 Å². The first-order valence-electron chi connectivity index (χ1n) is 8.70. The van der Waals surface area contributed by atoms with Crippen LogP contribution < -0.4 is 4.74 Å². The Balaban J connectivity index is 1.40. The number of ether oxygens (including phenoxy) is 1. The summed E-state index contributed by atoms with van der Waals surface area (Å²) in [5, 5.41) is 8.46. The second-order valence-electron chi connectivity index (χ2n) is 6.13. The third-order valence-corrected chi connectivity index (χ3v) is 4.49. The van der Waals surface area contributed by atoms with Crippen molar-refractivity contribution in [3.05, 3.63) is 101 Å². The minimum atomic E-state index is -0.385. The van der Waals surface area contributed by atoms with Gasteiger partial charge in [0.1, 0.15) is 11.6 Å². The molecule has 0 atom stereocenters. The second kappa shape index (κ2) is 8.24. The highest BCUT2D eigenvalue weighted by atomic mass is 35.5. The van der Waals surface area contributed by atoms with E-state index < -0.39 is 0 Å². The van der Waals surface area contributed by atoms with Gasteiger partial charge in [0.2, 0.25) is 5.89 Å². The van der Waals surface area contributed by atoms with E-state index in [4.69, 9.17) is 20.8 Å². The van der Waals surface area contributed by atoms with Gasteiger partial charge in [0.15, 0.2) is 12.4 Å². The van der Waals surface area contributed by atoms with Gasteiger partial charge in [-0.05, 0) is 60.7 Å². The summed E-state index contributed by atoms with van der Waals surface area (Å²) in [7, 11) is 0. The molecule has 1 aromatic heterocycles. The molecular formula is C22H14ClFN2O3. The Labute approximate surface area is 170 Å². The number of rotatable bonds is 6. The monoisotopic (exact) mass is 408 g/mol. The number of benzene rings is 3. The first kappa shape index (κ1) is 18.8. The van der Waals surface area contributed by atoms with E-state index >= 15 is 0 Å². The predicted octanol–water partition coefficient (Wildman–Crippen LogP) is 5.34. The maximum atomic E-state index is 13.0. The summed E-state index contributed by atoms with van der Waals surface area (Å²) in [6.45, 7) is 0.0721. The quantitative estimate of drug-likeness (QED) is 0.403. The number of hydrogen-bond acceptors (Lipinski definition) is 5. The number of carbonyl (C=O) groups is 1. The molecule has 0 amide bonds. The van der Waals surface area contributed by atoms with Crippen molar-refractivity contribution >= 4 is 17.4 Å². The molecule has 7 heteroatoms. The van der Waals surface area contributed by atoms with E-state index in [1.54, 1.807) is 36.4 Å². The summed E-state index contributed by atoms with van der Waals surface area (Å²) in [5.41, 5.74) is 1.54. The summed E-state index contributed by atoms with van der Waals surface area (Å²) < 4.78 is 24.2. The first-order valence-corrected chi connectivity index (χ1v) is 9.08. The Morgan fingerprint density at radius 2 is 1.59 bits per heavy atom. The average Bonchev–Trinajstić information content (AvgIpc) is 3.22. The average molecular weight is 409 g/mol. The standard InChI is InChI=1S/C22H14ClFN2O3/c23-19-4-2-1-3-18(19)22-26-25-20(29-22)13-28-17-11-7-15(8-12-17)21(27)14-5-9-16(24)10-6-14/h1-12H,13H2. The molecule has 4 aromatic rings. The molecule has 29 heavy (non-hydrogen) atoms. The number of ketones is 1. The Kier molecular flexibility index (Phi) is 5.35. The molecule has 0 saturated carbocycles. The van der Waals surface area contributed by atoms with E-state index in [0.29, 0.717) is 39.2 Å². The molecule has 0 spiro atoms. The fourth-order valence-corrected chi connectivity index (χ4v) is 2.89. The van der Waals surface area contributed by atoms with Crippen LogP contribution in [0.2, 0.25) is 5.02 Å². The maximum absolute atomic E-state index is 13.0. The van der Waals surface area contributed by atoms with Crippen LogP contribution in [-0.4, -0.2) is 16.0 Å². The lowest BCUT2D eigenvalue weighted by Crippen LogP contribution is -2.01. The van der Waals surface area contributed by atoms with Crippen LogP contribution in [0.1, 0.15) is 21.8 Å². The normalized spacial score (nSPS) is 10.7. The molecule has 0 radical (unpaired) electrons. The van der Waals surface area contributed by atoms with Crippen molar-refractivity contribution in [3.63, 3.8) is 0 Å². The molecule has 0 aliphatic carbocycles. The van der Waals surface area contributed by atoms with Crippen LogP contribution >= 0.6 is 11.6 Å². The predicted molar refractivity (Wildman–Crippen MR) is 105 cm³/mol. The van der Waals surface area contributed by atoms with Gasteiger partial charge in [0.25, 0.3) is 5.89 Å². The second-order valence-corrected chi connectivity index (χ2v) is 6.54. The van der Waals surface area contributed by atoms with Crippen molar-refractivity contribution in [3.8, 4) is 17.2 Å². The number of aromatic nitrogens is 2. The van der Waals surface area contributed by atoms with E-state index in [1.807, 2.05) is 12.1 Å². The zero-order valence-corrected chi connectivity index (χ0v) is 15.8. The molecule has 0 fully saturated rings. The topological polar surface area (TPSA) is 65.2 Å². The van der Waals surface area contributed by atoms with Crippen LogP contribution in [0, 0.1) is 5.82 Å². The highest BCUT2D eigenvalue weighted by Crippen LogP contribution is 2.26. The Morgan fingerprint density at radius 3 is 2.28 bits per heavy atom. The van der Waals surface area contributed by atoms with Crippen LogP contribution in [0.15, 0.2) is 77.2 Å². The van der Waals surface area contributed by atoms with Gasteiger partial charge in [-0.25, -0.2) is 4.39 Å². The Hall–Kier alpha value is -3.51. The number of halogens is 2. The molecule has 0 bridgehead atoms.